The van der Waals surface area contributed by atoms with E-state index in [0.29, 0.717) is 24.0 Å². The van der Waals surface area contributed by atoms with Crippen molar-refractivity contribution in [3.63, 3.8) is 0 Å². The van der Waals surface area contributed by atoms with Crippen LogP contribution in [-0.4, -0.2) is 31.7 Å². The Kier molecular flexibility index (Phi) is 9.13. The maximum absolute atomic E-state index is 12.5. The molecule has 31 heavy (non-hydrogen) atoms. The molecule has 0 radical (unpaired) electrons. The summed E-state index contributed by atoms with van der Waals surface area (Å²) in [6.07, 6.45) is 2.91. The molecule has 0 bridgehead atoms. The second-order valence-corrected chi connectivity index (χ2v) is 7.14. The molecule has 2 aromatic carbocycles. The van der Waals surface area contributed by atoms with Gasteiger partial charge in [-0.05, 0) is 61.6 Å². The van der Waals surface area contributed by atoms with Crippen LogP contribution in [0.1, 0.15) is 51.2 Å². The quantitative estimate of drug-likeness (QED) is 0.419. The van der Waals surface area contributed by atoms with Crippen LogP contribution in [0.2, 0.25) is 0 Å². The van der Waals surface area contributed by atoms with Crippen LogP contribution in [0, 0.1) is 0 Å². The van der Waals surface area contributed by atoms with Crippen LogP contribution < -0.4 is 14.8 Å². The zero-order valence-corrected chi connectivity index (χ0v) is 18.8. The molecular weight excluding hydrogens is 394 g/mol. The molecule has 0 aromatic heterocycles. The first-order chi connectivity index (χ1) is 14.9. The summed E-state index contributed by atoms with van der Waals surface area (Å²) in [5, 5.41) is 2.87. The van der Waals surface area contributed by atoms with E-state index in [1.54, 1.807) is 38.3 Å². The van der Waals surface area contributed by atoms with Gasteiger partial charge < -0.3 is 19.5 Å². The molecular formula is C25H31NO5. The number of carbonyl (C=O) groups excluding carboxylic acids is 2. The predicted molar refractivity (Wildman–Crippen MR) is 123 cm³/mol. The Labute approximate surface area is 184 Å². The molecule has 1 N–H and O–H groups in total. The fraction of sp³-hybridized carbons (Fsp3) is 0.360. The van der Waals surface area contributed by atoms with Gasteiger partial charge in [0.2, 0.25) is 0 Å². The lowest BCUT2D eigenvalue weighted by Crippen LogP contribution is -2.29. The molecule has 2 rings (SSSR count). The average molecular weight is 426 g/mol. The van der Waals surface area contributed by atoms with Crippen LogP contribution in [0.4, 0.5) is 5.69 Å². The van der Waals surface area contributed by atoms with Crippen molar-refractivity contribution >= 4 is 23.6 Å². The molecule has 0 unspecified atom stereocenters. The van der Waals surface area contributed by atoms with Crippen LogP contribution in [0.25, 0.3) is 6.08 Å². The lowest BCUT2D eigenvalue weighted by atomic mass is 9.97. The monoisotopic (exact) mass is 425 g/mol. The standard InChI is InChI=1S/C25H31NO5/c1-6-17(3)20-10-8-9-11-21(20)26-25(28)18(4)31-24(27)15-13-19-12-14-22(30-7-2)23(16-19)29-5/h8-18H,6-7H2,1-5H3,(H,26,28)/b15-13+/t17-,18-/m1/s1. The molecule has 2 aromatic rings. The highest BCUT2D eigenvalue weighted by molar-refractivity contribution is 5.97. The first-order valence-corrected chi connectivity index (χ1v) is 10.5. The molecule has 0 saturated carbocycles. The first-order valence-electron chi connectivity index (χ1n) is 10.5. The minimum atomic E-state index is -0.933. The van der Waals surface area contributed by atoms with Gasteiger partial charge in [0, 0.05) is 11.8 Å². The average Bonchev–Trinajstić information content (AvgIpc) is 2.78. The van der Waals surface area contributed by atoms with Gasteiger partial charge >= 0.3 is 5.97 Å². The van der Waals surface area contributed by atoms with E-state index in [9.17, 15) is 9.59 Å². The summed E-state index contributed by atoms with van der Waals surface area (Å²) in [4.78, 5) is 24.7. The van der Waals surface area contributed by atoms with Crippen molar-refractivity contribution in [3.05, 3.63) is 59.7 Å². The highest BCUT2D eigenvalue weighted by Crippen LogP contribution is 2.29. The molecule has 0 heterocycles. The number of anilines is 1. The normalized spacial score (nSPS) is 12.8. The fourth-order valence-electron chi connectivity index (χ4n) is 2.99. The maximum atomic E-state index is 12.5. The highest BCUT2D eigenvalue weighted by atomic mass is 16.5. The van der Waals surface area contributed by atoms with Crippen molar-refractivity contribution in [3.8, 4) is 11.5 Å². The first kappa shape index (κ1) is 24.0. The summed E-state index contributed by atoms with van der Waals surface area (Å²) in [5.41, 5.74) is 2.54. The Hall–Kier alpha value is -3.28. The van der Waals surface area contributed by atoms with Crippen molar-refractivity contribution in [1.29, 1.82) is 0 Å². The van der Waals surface area contributed by atoms with E-state index in [4.69, 9.17) is 14.2 Å². The van der Waals surface area contributed by atoms with Gasteiger partial charge in [-0.1, -0.05) is 38.1 Å². The molecule has 0 aliphatic rings. The minimum Gasteiger partial charge on any atom is -0.493 e. The van der Waals surface area contributed by atoms with Crippen molar-refractivity contribution in [2.75, 3.05) is 19.0 Å². The Morgan fingerprint density at radius 2 is 1.81 bits per heavy atom. The van der Waals surface area contributed by atoms with E-state index < -0.39 is 12.1 Å². The second kappa shape index (κ2) is 11.8. The molecule has 0 spiro atoms. The van der Waals surface area contributed by atoms with Gasteiger partial charge in [-0.25, -0.2) is 4.79 Å². The van der Waals surface area contributed by atoms with Crippen molar-refractivity contribution in [1.82, 2.24) is 0 Å². The third-order valence-corrected chi connectivity index (χ3v) is 4.92. The van der Waals surface area contributed by atoms with Crippen LogP contribution in [0.3, 0.4) is 0 Å². The number of nitrogens with one attached hydrogen (secondary N) is 1. The van der Waals surface area contributed by atoms with E-state index in [1.807, 2.05) is 31.2 Å². The number of hydrogen-bond acceptors (Lipinski definition) is 5. The number of carbonyl (C=O) groups is 2. The number of methoxy groups -OCH3 is 1. The molecule has 6 nitrogen and oxygen atoms in total. The molecule has 166 valence electrons. The van der Waals surface area contributed by atoms with E-state index >= 15 is 0 Å². The Bertz CT molecular complexity index is 922. The fourth-order valence-corrected chi connectivity index (χ4v) is 2.99. The van der Waals surface area contributed by atoms with E-state index in [1.165, 1.54) is 6.08 Å². The number of para-hydroxylation sites is 1. The van der Waals surface area contributed by atoms with Gasteiger partial charge in [-0.15, -0.1) is 0 Å². The molecule has 0 fully saturated rings. The molecule has 6 heteroatoms. The Balaban J connectivity index is 1.99. The Morgan fingerprint density at radius 1 is 1.06 bits per heavy atom. The number of ether oxygens (including phenoxy) is 3. The van der Waals surface area contributed by atoms with Crippen LogP contribution in [0.15, 0.2) is 48.5 Å². The third kappa shape index (κ3) is 6.88. The van der Waals surface area contributed by atoms with Crippen LogP contribution in [-0.2, 0) is 14.3 Å². The zero-order valence-electron chi connectivity index (χ0n) is 18.8. The van der Waals surface area contributed by atoms with Crippen molar-refractivity contribution in [2.45, 2.75) is 46.1 Å². The number of amides is 1. The van der Waals surface area contributed by atoms with Crippen molar-refractivity contribution < 1.29 is 23.8 Å². The number of esters is 1. The highest BCUT2D eigenvalue weighted by Gasteiger charge is 2.19. The van der Waals surface area contributed by atoms with Gasteiger partial charge in [0.1, 0.15) is 0 Å². The lowest BCUT2D eigenvalue weighted by molar-refractivity contribution is -0.148. The molecule has 1 amide bonds. The summed E-state index contributed by atoms with van der Waals surface area (Å²) >= 11 is 0. The van der Waals surface area contributed by atoms with Crippen LogP contribution in [0.5, 0.6) is 11.5 Å². The molecule has 0 aliphatic heterocycles. The van der Waals surface area contributed by atoms with E-state index in [2.05, 4.69) is 19.2 Å². The minimum absolute atomic E-state index is 0.309. The van der Waals surface area contributed by atoms with E-state index in [-0.39, 0.29) is 5.91 Å². The largest absolute Gasteiger partial charge is 0.493 e. The second-order valence-electron chi connectivity index (χ2n) is 7.14. The third-order valence-electron chi connectivity index (χ3n) is 4.92. The van der Waals surface area contributed by atoms with E-state index in [0.717, 1.165) is 23.2 Å². The molecule has 2 atom stereocenters. The van der Waals surface area contributed by atoms with Gasteiger partial charge in [0.05, 0.1) is 13.7 Å². The number of benzene rings is 2. The summed E-state index contributed by atoms with van der Waals surface area (Å²) in [5.74, 6) is 0.534. The van der Waals surface area contributed by atoms with Gasteiger partial charge in [-0.2, -0.15) is 0 Å². The summed E-state index contributed by atoms with van der Waals surface area (Å²) < 4.78 is 16.0. The topological polar surface area (TPSA) is 73.9 Å². The molecule has 0 aliphatic carbocycles. The number of rotatable bonds is 10. The molecule has 0 saturated heterocycles. The smallest absolute Gasteiger partial charge is 0.331 e. The SMILES string of the molecule is CCOc1ccc(/C=C/C(=O)O[C@H](C)C(=O)Nc2ccccc2[C@H](C)CC)cc1OC. The van der Waals surface area contributed by atoms with Crippen molar-refractivity contribution in [2.24, 2.45) is 0 Å². The van der Waals surface area contributed by atoms with Gasteiger partial charge in [0.15, 0.2) is 17.6 Å². The Morgan fingerprint density at radius 3 is 2.48 bits per heavy atom. The van der Waals surface area contributed by atoms with Gasteiger partial charge in [-0.3, -0.25) is 4.79 Å². The summed E-state index contributed by atoms with van der Waals surface area (Å²) in [6.45, 7) is 8.17. The van der Waals surface area contributed by atoms with Gasteiger partial charge in [0.25, 0.3) is 5.91 Å². The lowest BCUT2D eigenvalue weighted by Gasteiger charge is -2.17. The van der Waals surface area contributed by atoms with Crippen LogP contribution >= 0.6 is 0 Å². The summed E-state index contributed by atoms with van der Waals surface area (Å²) in [7, 11) is 1.55. The number of hydrogen-bond donors (Lipinski definition) is 1. The zero-order chi connectivity index (χ0) is 22.8. The summed E-state index contributed by atoms with van der Waals surface area (Å²) in [6, 6.07) is 13.0. The maximum Gasteiger partial charge on any atom is 0.331 e. The predicted octanol–water partition coefficient (Wildman–Crippen LogP) is 5.19.